The topological polar surface area (TPSA) is 93.3 Å². The number of thiophene rings is 1. The molecular weight excluding hydrogens is 506 g/mol. The molecule has 2 aromatic heterocycles. The molecule has 1 atom stereocenters. The van der Waals surface area contributed by atoms with Gasteiger partial charge in [-0.3, -0.25) is 9.59 Å². The third kappa shape index (κ3) is 5.24. The van der Waals surface area contributed by atoms with Gasteiger partial charge in [0.1, 0.15) is 16.3 Å². The molecular formula is C28H29N3O4S2. The number of aromatic amines is 1. The summed E-state index contributed by atoms with van der Waals surface area (Å²) in [4.78, 5) is 34.6. The number of amides is 1. The number of benzene rings is 2. The molecule has 0 spiro atoms. The van der Waals surface area contributed by atoms with E-state index in [1.165, 1.54) is 47.1 Å². The van der Waals surface area contributed by atoms with Crippen LogP contribution in [-0.2, 0) is 17.6 Å². The van der Waals surface area contributed by atoms with E-state index >= 15 is 0 Å². The first-order valence-electron chi connectivity index (χ1n) is 12.3. The molecule has 0 aliphatic heterocycles. The summed E-state index contributed by atoms with van der Waals surface area (Å²) in [5.41, 5.74) is 5.09. The van der Waals surface area contributed by atoms with Crippen molar-refractivity contribution in [2.45, 2.75) is 49.4 Å². The van der Waals surface area contributed by atoms with Crippen molar-refractivity contribution in [3.05, 3.63) is 63.3 Å². The smallest absolute Gasteiger partial charge is 0.260 e. The number of nitrogens with zero attached hydrogens (tertiary/aromatic N) is 1. The minimum atomic E-state index is -0.461. The zero-order valence-corrected chi connectivity index (χ0v) is 22.7. The van der Waals surface area contributed by atoms with E-state index in [0.717, 1.165) is 24.0 Å². The Labute approximate surface area is 223 Å². The summed E-state index contributed by atoms with van der Waals surface area (Å²) in [6.45, 7) is 1.93. The summed E-state index contributed by atoms with van der Waals surface area (Å²) in [6.07, 6.45) is 5.21. The number of fused-ring (bicyclic) bond motifs is 2. The predicted molar refractivity (Wildman–Crippen MR) is 150 cm³/mol. The van der Waals surface area contributed by atoms with Crippen LogP contribution in [0.5, 0.6) is 11.5 Å². The summed E-state index contributed by atoms with van der Waals surface area (Å²) < 4.78 is 10.6. The Kier molecular flexibility index (Phi) is 7.53. The van der Waals surface area contributed by atoms with Crippen molar-refractivity contribution in [1.82, 2.24) is 9.97 Å². The third-order valence-electron chi connectivity index (χ3n) is 6.66. The van der Waals surface area contributed by atoms with E-state index in [1.807, 2.05) is 12.3 Å². The molecule has 7 nitrogen and oxygen atoms in total. The maximum absolute atomic E-state index is 13.2. The normalized spacial score (nSPS) is 13.7. The van der Waals surface area contributed by atoms with E-state index in [0.29, 0.717) is 39.0 Å². The maximum atomic E-state index is 13.2. The molecule has 192 valence electrons. The number of H-pyrrole nitrogens is 1. The van der Waals surface area contributed by atoms with E-state index in [9.17, 15) is 9.59 Å². The monoisotopic (exact) mass is 535 g/mol. The number of hydrogen-bond acceptors (Lipinski definition) is 7. The van der Waals surface area contributed by atoms with Gasteiger partial charge >= 0.3 is 0 Å². The molecule has 2 N–H and O–H groups in total. The molecule has 1 amide bonds. The van der Waals surface area contributed by atoms with Gasteiger partial charge < -0.3 is 19.8 Å². The lowest BCUT2D eigenvalue weighted by Crippen LogP contribution is -2.25. The zero-order valence-electron chi connectivity index (χ0n) is 21.1. The highest BCUT2D eigenvalue weighted by Crippen LogP contribution is 2.35. The number of nitrogens with one attached hydrogen (secondary N) is 2. The molecule has 9 heteroatoms. The Hall–Kier alpha value is -3.30. The number of aromatic nitrogens is 2. The average molecular weight is 536 g/mol. The summed E-state index contributed by atoms with van der Waals surface area (Å²) in [5, 5.41) is 5.50. The maximum Gasteiger partial charge on any atom is 0.260 e. The lowest BCUT2D eigenvalue weighted by Gasteiger charge is -2.17. The Morgan fingerprint density at radius 1 is 1.14 bits per heavy atom. The highest BCUT2D eigenvalue weighted by Gasteiger charge is 2.22. The van der Waals surface area contributed by atoms with Crippen LogP contribution >= 0.6 is 23.1 Å². The molecule has 1 aliphatic rings. The lowest BCUT2D eigenvalue weighted by atomic mass is 9.89. The molecule has 0 bridgehead atoms. The number of aryl methyl sites for hydroxylation is 2. The number of methoxy groups -OCH3 is 2. The molecule has 0 fully saturated rings. The van der Waals surface area contributed by atoms with Crippen LogP contribution in [0.15, 0.2) is 51.7 Å². The first-order chi connectivity index (χ1) is 18.0. The second-order valence-electron chi connectivity index (χ2n) is 8.96. The number of hydrogen-bond donors (Lipinski definition) is 2. The lowest BCUT2D eigenvalue weighted by molar-refractivity contribution is -0.115. The molecule has 5 rings (SSSR count). The van der Waals surface area contributed by atoms with Crippen LogP contribution in [0.3, 0.4) is 0 Å². The van der Waals surface area contributed by atoms with E-state index in [2.05, 4.69) is 28.5 Å². The van der Waals surface area contributed by atoms with Gasteiger partial charge in [-0.15, -0.1) is 11.3 Å². The zero-order chi connectivity index (χ0) is 25.9. The Bertz CT molecular complexity index is 1510. The highest BCUT2D eigenvalue weighted by atomic mass is 32.2. The summed E-state index contributed by atoms with van der Waals surface area (Å²) >= 11 is 2.70. The molecule has 37 heavy (non-hydrogen) atoms. The van der Waals surface area contributed by atoms with Crippen LogP contribution in [0.25, 0.3) is 21.3 Å². The second kappa shape index (κ2) is 11.0. The largest absolute Gasteiger partial charge is 0.497 e. The van der Waals surface area contributed by atoms with Crippen LogP contribution in [0, 0.1) is 0 Å². The van der Waals surface area contributed by atoms with Crippen molar-refractivity contribution in [2.24, 2.45) is 0 Å². The van der Waals surface area contributed by atoms with Gasteiger partial charge in [0.25, 0.3) is 5.56 Å². The minimum absolute atomic E-state index is 0.189. The molecule has 1 aliphatic carbocycles. The second-order valence-corrected chi connectivity index (χ2v) is 11.0. The minimum Gasteiger partial charge on any atom is -0.497 e. The summed E-state index contributed by atoms with van der Waals surface area (Å²) in [7, 11) is 3.12. The first kappa shape index (κ1) is 25.4. The molecule has 2 heterocycles. The number of carbonyl (C=O) groups is 1. The molecule has 4 aromatic rings. The van der Waals surface area contributed by atoms with Gasteiger partial charge in [0.15, 0.2) is 5.16 Å². The van der Waals surface area contributed by atoms with Crippen LogP contribution in [0.4, 0.5) is 5.69 Å². The number of anilines is 1. The summed E-state index contributed by atoms with van der Waals surface area (Å²) in [6, 6.07) is 11.8. The quantitative estimate of drug-likeness (QED) is 0.211. The Morgan fingerprint density at radius 2 is 1.95 bits per heavy atom. The first-order valence-corrected chi connectivity index (χ1v) is 14.1. The number of carbonyl (C=O) groups excluding carboxylic acids is 1. The van der Waals surface area contributed by atoms with Crippen LogP contribution < -0.4 is 20.3 Å². The highest BCUT2D eigenvalue weighted by molar-refractivity contribution is 8.00. The molecule has 2 aromatic carbocycles. The predicted octanol–water partition coefficient (Wildman–Crippen LogP) is 6.06. The fraction of sp³-hybridized carbons (Fsp3) is 0.321. The number of rotatable bonds is 8. The van der Waals surface area contributed by atoms with Crippen molar-refractivity contribution in [3.63, 3.8) is 0 Å². The van der Waals surface area contributed by atoms with E-state index in [-0.39, 0.29) is 11.5 Å². The van der Waals surface area contributed by atoms with Crippen molar-refractivity contribution in [2.75, 3.05) is 19.5 Å². The van der Waals surface area contributed by atoms with E-state index in [1.54, 1.807) is 32.4 Å². The van der Waals surface area contributed by atoms with E-state index in [4.69, 9.17) is 14.5 Å². The molecule has 0 radical (unpaired) electrons. The van der Waals surface area contributed by atoms with Crippen molar-refractivity contribution in [3.8, 4) is 22.6 Å². The molecule has 1 unspecified atom stereocenters. The SMILES string of the molecule is CCC(Sc1nc2scc(-c3ccc4c(c3)CCCC4)c2c(=O)[nH]1)C(=O)Nc1cc(OC)ccc1OC. The van der Waals surface area contributed by atoms with Gasteiger partial charge in [-0.1, -0.05) is 36.9 Å². The average Bonchev–Trinajstić information content (AvgIpc) is 3.36. The van der Waals surface area contributed by atoms with E-state index < -0.39 is 5.25 Å². The third-order valence-corrected chi connectivity index (χ3v) is 8.78. The molecule has 0 saturated heterocycles. The van der Waals surface area contributed by atoms with Crippen molar-refractivity contribution in [1.29, 1.82) is 0 Å². The summed E-state index contributed by atoms with van der Waals surface area (Å²) in [5.74, 6) is 0.943. The Balaban J connectivity index is 1.39. The van der Waals surface area contributed by atoms with Gasteiger partial charge in [0.2, 0.25) is 5.91 Å². The van der Waals surface area contributed by atoms with Gasteiger partial charge in [-0.05, 0) is 60.9 Å². The number of ether oxygens (including phenoxy) is 2. The van der Waals surface area contributed by atoms with Crippen molar-refractivity contribution < 1.29 is 14.3 Å². The molecule has 0 saturated carbocycles. The fourth-order valence-corrected chi connectivity index (χ4v) is 6.58. The van der Waals surface area contributed by atoms with Gasteiger partial charge in [0.05, 0.1) is 30.5 Å². The van der Waals surface area contributed by atoms with Crippen molar-refractivity contribution >= 4 is 44.9 Å². The van der Waals surface area contributed by atoms with Crippen LogP contribution in [-0.4, -0.2) is 35.3 Å². The van der Waals surface area contributed by atoms with Crippen LogP contribution in [0.2, 0.25) is 0 Å². The Morgan fingerprint density at radius 3 is 2.70 bits per heavy atom. The van der Waals surface area contributed by atoms with Crippen LogP contribution in [0.1, 0.15) is 37.3 Å². The van der Waals surface area contributed by atoms with Gasteiger partial charge in [-0.2, -0.15) is 0 Å². The van der Waals surface area contributed by atoms with Gasteiger partial charge in [-0.25, -0.2) is 4.98 Å². The standard InChI is InChI=1S/C28H29N3O4S2/c1-4-23(25(32)29-21-14-19(34-2)11-12-22(21)35-3)37-28-30-26(33)24-20(15-36-27(24)31-28)18-10-9-16-7-5-6-8-17(16)13-18/h9-15,23H,4-8H2,1-3H3,(H,29,32)(H,30,31,33). The fourth-order valence-electron chi connectivity index (χ4n) is 4.68. The number of thioether (sulfide) groups is 1. The van der Waals surface area contributed by atoms with Gasteiger partial charge in [0, 0.05) is 17.0 Å².